The number of carbonyl (C=O) groups is 2. The molecule has 1 rings (SSSR count). The largest absolute Gasteiger partial charge is 0.462 e. The Balaban J connectivity index is 3.20. The van der Waals surface area contributed by atoms with Crippen molar-refractivity contribution in [2.45, 2.75) is 34.1 Å². The first-order chi connectivity index (χ1) is 8.49. The summed E-state index contributed by atoms with van der Waals surface area (Å²) >= 11 is 0. The molecule has 0 atom stereocenters. The number of aromatic nitrogens is 2. The van der Waals surface area contributed by atoms with E-state index < -0.39 is 5.97 Å². The molecule has 0 aliphatic rings. The fourth-order valence-electron chi connectivity index (χ4n) is 1.47. The molecule has 0 aliphatic carbocycles. The van der Waals surface area contributed by atoms with E-state index in [-0.39, 0.29) is 23.9 Å². The third-order valence-electron chi connectivity index (χ3n) is 2.26. The Labute approximate surface area is 106 Å². The number of esters is 1. The van der Waals surface area contributed by atoms with E-state index in [9.17, 15) is 9.59 Å². The van der Waals surface area contributed by atoms with Crippen LogP contribution in [0.25, 0.3) is 0 Å². The zero-order valence-electron chi connectivity index (χ0n) is 11.0. The van der Waals surface area contributed by atoms with E-state index in [1.807, 2.05) is 0 Å². The molecule has 0 bridgehead atoms. The molecule has 1 heterocycles. The molecule has 1 N–H and O–H groups in total. The zero-order chi connectivity index (χ0) is 13.7. The van der Waals surface area contributed by atoms with Crippen molar-refractivity contribution in [3.63, 3.8) is 0 Å². The van der Waals surface area contributed by atoms with Crippen molar-refractivity contribution >= 4 is 17.7 Å². The van der Waals surface area contributed by atoms with Gasteiger partial charge in [-0.2, -0.15) is 0 Å². The van der Waals surface area contributed by atoms with Gasteiger partial charge in [-0.25, -0.2) is 14.8 Å². The number of aryl methyl sites for hydroxylation is 2. The van der Waals surface area contributed by atoms with Gasteiger partial charge in [0.25, 0.3) is 0 Å². The monoisotopic (exact) mass is 251 g/mol. The Kier molecular flexibility index (Phi) is 4.76. The highest BCUT2D eigenvalue weighted by Crippen LogP contribution is 2.17. The maximum atomic E-state index is 11.8. The lowest BCUT2D eigenvalue weighted by molar-refractivity contribution is -0.115. The number of ether oxygens (including phenoxy) is 1. The first kappa shape index (κ1) is 14.1. The molecular weight excluding hydrogens is 234 g/mol. The molecule has 98 valence electrons. The van der Waals surface area contributed by atoms with Crippen LogP contribution in [0, 0.1) is 13.8 Å². The van der Waals surface area contributed by atoms with Crippen LogP contribution >= 0.6 is 0 Å². The van der Waals surface area contributed by atoms with Gasteiger partial charge >= 0.3 is 5.97 Å². The second-order valence-electron chi connectivity index (χ2n) is 3.70. The summed E-state index contributed by atoms with van der Waals surface area (Å²) in [5, 5.41) is 2.59. The van der Waals surface area contributed by atoms with Gasteiger partial charge in [-0.1, -0.05) is 6.92 Å². The minimum Gasteiger partial charge on any atom is -0.462 e. The molecular formula is C12H17N3O3. The molecule has 0 aromatic carbocycles. The van der Waals surface area contributed by atoms with Crippen molar-refractivity contribution < 1.29 is 14.3 Å². The van der Waals surface area contributed by atoms with Gasteiger partial charge in [0, 0.05) is 6.42 Å². The number of nitrogens with one attached hydrogen (secondary N) is 1. The lowest BCUT2D eigenvalue weighted by Crippen LogP contribution is -2.18. The molecule has 6 nitrogen and oxygen atoms in total. The van der Waals surface area contributed by atoms with Crippen LogP contribution in [0.1, 0.15) is 42.1 Å². The number of hydrogen-bond donors (Lipinski definition) is 1. The fourth-order valence-corrected chi connectivity index (χ4v) is 1.47. The molecule has 0 saturated heterocycles. The van der Waals surface area contributed by atoms with Crippen molar-refractivity contribution in [3.8, 4) is 0 Å². The molecule has 0 fully saturated rings. The van der Waals surface area contributed by atoms with Crippen molar-refractivity contribution in [1.29, 1.82) is 0 Å². The van der Waals surface area contributed by atoms with E-state index in [1.54, 1.807) is 27.7 Å². The smallest absolute Gasteiger partial charge is 0.343 e. The molecule has 1 amide bonds. The van der Waals surface area contributed by atoms with Crippen molar-refractivity contribution in [2.24, 2.45) is 0 Å². The van der Waals surface area contributed by atoms with E-state index in [2.05, 4.69) is 15.3 Å². The van der Waals surface area contributed by atoms with Gasteiger partial charge in [0.1, 0.15) is 11.4 Å². The first-order valence-corrected chi connectivity index (χ1v) is 5.81. The average Bonchev–Trinajstić information content (AvgIpc) is 2.28. The van der Waals surface area contributed by atoms with Gasteiger partial charge in [0.2, 0.25) is 5.91 Å². The number of hydrogen-bond acceptors (Lipinski definition) is 5. The Bertz CT molecular complexity index is 472. The Morgan fingerprint density at radius 1 is 1.22 bits per heavy atom. The summed E-state index contributed by atoms with van der Waals surface area (Å²) in [6, 6.07) is 0. The predicted molar refractivity (Wildman–Crippen MR) is 66.4 cm³/mol. The highest BCUT2D eigenvalue weighted by molar-refractivity contribution is 6.00. The van der Waals surface area contributed by atoms with E-state index in [1.165, 1.54) is 0 Å². The minimum absolute atomic E-state index is 0.210. The summed E-state index contributed by atoms with van der Waals surface area (Å²) < 4.78 is 4.93. The molecule has 0 radical (unpaired) electrons. The van der Waals surface area contributed by atoms with Crippen molar-refractivity contribution in [1.82, 2.24) is 9.97 Å². The van der Waals surface area contributed by atoms with Crippen LogP contribution in [0.2, 0.25) is 0 Å². The van der Waals surface area contributed by atoms with Crippen LogP contribution < -0.4 is 5.32 Å². The minimum atomic E-state index is -0.526. The topological polar surface area (TPSA) is 81.2 Å². The summed E-state index contributed by atoms with van der Waals surface area (Å²) in [4.78, 5) is 31.4. The van der Waals surface area contributed by atoms with E-state index in [0.29, 0.717) is 17.9 Å². The molecule has 0 spiro atoms. The molecule has 1 aromatic heterocycles. The summed E-state index contributed by atoms with van der Waals surface area (Å²) in [5.74, 6) is -0.0308. The van der Waals surface area contributed by atoms with Gasteiger partial charge in [-0.3, -0.25) is 4.79 Å². The molecule has 6 heteroatoms. The van der Waals surface area contributed by atoms with Crippen LogP contribution in [-0.4, -0.2) is 28.5 Å². The van der Waals surface area contributed by atoms with E-state index in [4.69, 9.17) is 4.74 Å². The molecule has 0 unspecified atom stereocenters. The Morgan fingerprint density at radius 2 is 1.89 bits per heavy atom. The maximum absolute atomic E-state index is 11.8. The van der Waals surface area contributed by atoms with Crippen LogP contribution in [0.5, 0.6) is 0 Å². The quantitative estimate of drug-likeness (QED) is 0.822. The van der Waals surface area contributed by atoms with Crippen LogP contribution in [-0.2, 0) is 9.53 Å². The maximum Gasteiger partial charge on any atom is 0.343 e. The molecule has 0 saturated carbocycles. The number of carbonyl (C=O) groups excluding carboxylic acids is 2. The van der Waals surface area contributed by atoms with Gasteiger partial charge < -0.3 is 10.1 Å². The average molecular weight is 251 g/mol. The van der Waals surface area contributed by atoms with Crippen LogP contribution in [0.15, 0.2) is 0 Å². The van der Waals surface area contributed by atoms with Gasteiger partial charge in [0.15, 0.2) is 5.82 Å². The van der Waals surface area contributed by atoms with Crippen LogP contribution in [0.4, 0.5) is 5.82 Å². The van der Waals surface area contributed by atoms with Gasteiger partial charge in [-0.05, 0) is 20.8 Å². The highest BCUT2D eigenvalue weighted by atomic mass is 16.5. The van der Waals surface area contributed by atoms with Crippen molar-refractivity contribution in [3.05, 3.63) is 17.1 Å². The lowest BCUT2D eigenvalue weighted by atomic mass is 10.2. The SMILES string of the molecule is CCOC(=O)c1c(C)nc(C)nc1NC(=O)CC. The fraction of sp³-hybridized carbons (Fsp3) is 0.500. The van der Waals surface area contributed by atoms with E-state index >= 15 is 0 Å². The zero-order valence-corrected chi connectivity index (χ0v) is 11.0. The number of amides is 1. The number of nitrogens with zero attached hydrogens (tertiary/aromatic N) is 2. The second kappa shape index (κ2) is 6.09. The summed E-state index contributed by atoms with van der Waals surface area (Å²) in [5.41, 5.74) is 0.705. The van der Waals surface area contributed by atoms with Crippen molar-refractivity contribution in [2.75, 3.05) is 11.9 Å². The summed E-state index contributed by atoms with van der Waals surface area (Å²) in [7, 11) is 0. The number of rotatable bonds is 4. The van der Waals surface area contributed by atoms with Gasteiger partial charge in [-0.15, -0.1) is 0 Å². The highest BCUT2D eigenvalue weighted by Gasteiger charge is 2.20. The first-order valence-electron chi connectivity index (χ1n) is 5.81. The summed E-state index contributed by atoms with van der Waals surface area (Å²) in [6.07, 6.45) is 0.310. The summed E-state index contributed by atoms with van der Waals surface area (Å²) in [6.45, 7) is 7.08. The lowest BCUT2D eigenvalue weighted by Gasteiger charge is -2.11. The Morgan fingerprint density at radius 3 is 2.44 bits per heavy atom. The van der Waals surface area contributed by atoms with Gasteiger partial charge in [0.05, 0.1) is 12.3 Å². The Hall–Kier alpha value is -1.98. The number of anilines is 1. The molecule has 1 aromatic rings. The molecule has 18 heavy (non-hydrogen) atoms. The van der Waals surface area contributed by atoms with Crippen LogP contribution in [0.3, 0.4) is 0 Å². The standard InChI is InChI=1S/C12H17N3O3/c1-5-9(16)15-11-10(12(17)18-6-2)7(3)13-8(4)14-11/h5-6H2,1-4H3,(H,13,14,15,16). The predicted octanol–water partition coefficient (Wildman–Crippen LogP) is 1.62. The normalized spacial score (nSPS) is 10.0. The third kappa shape index (κ3) is 3.26. The second-order valence-corrected chi connectivity index (χ2v) is 3.70. The van der Waals surface area contributed by atoms with E-state index in [0.717, 1.165) is 0 Å². The molecule has 0 aliphatic heterocycles. The third-order valence-corrected chi connectivity index (χ3v) is 2.26.